The fourth-order valence-electron chi connectivity index (χ4n) is 2.82. The highest BCUT2D eigenvalue weighted by molar-refractivity contribution is 5.29. The Balaban J connectivity index is 2.07. The van der Waals surface area contributed by atoms with E-state index in [0.29, 0.717) is 12.1 Å². The largest absolute Gasteiger partial charge is 0.416 e. The van der Waals surface area contributed by atoms with Gasteiger partial charge in [0.25, 0.3) is 0 Å². The Hall–Kier alpha value is -1.11. The molecule has 0 amide bonds. The predicted molar refractivity (Wildman–Crippen MR) is 79.6 cm³/mol. The standard InChI is InChI=1S/C16H23F3N2O/c1-3-20-7-9-21(10-8-20)12-15(2,22)13-5-4-6-14(11-13)16(17,18)19/h4-6,11,22H,3,7-10,12H2,1-2H3/t15-/m1/s1. The zero-order valence-corrected chi connectivity index (χ0v) is 13.0. The first-order valence-corrected chi connectivity index (χ1v) is 7.57. The summed E-state index contributed by atoms with van der Waals surface area (Å²) >= 11 is 0. The summed E-state index contributed by atoms with van der Waals surface area (Å²) in [6.45, 7) is 8.52. The van der Waals surface area contributed by atoms with Crippen molar-refractivity contribution in [1.29, 1.82) is 0 Å². The van der Waals surface area contributed by atoms with E-state index in [1.807, 2.05) is 0 Å². The van der Waals surface area contributed by atoms with Crippen LogP contribution in [0.15, 0.2) is 24.3 Å². The number of halogens is 3. The van der Waals surface area contributed by atoms with Crippen LogP contribution in [0.1, 0.15) is 25.0 Å². The average molecular weight is 316 g/mol. The molecule has 0 bridgehead atoms. The summed E-state index contributed by atoms with van der Waals surface area (Å²) in [5.74, 6) is 0. The van der Waals surface area contributed by atoms with Gasteiger partial charge in [-0.2, -0.15) is 13.2 Å². The molecule has 0 aliphatic carbocycles. The van der Waals surface area contributed by atoms with Gasteiger partial charge >= 0.3 is 6.18 Å². The van der Waals surface area contributed by atoms with Crippen molar-refractivity contribution >= 4 is 0 Å². The molecule has 1 aromatic carbocycles. The van der Waals surface area contributed by atoms with Crippen LogP contribution in [0.25, 0.3) is 0 Å². The van der Waals surface area contributed by atoms with Gasteiger partial charge in [0.2, 0.25) is 0 Å². The molecule has 1 aliphatic heterocycles. The van der Waals surface area contributed by atoms with Gasteiger partial charge in [-0.1, -0.05) is 19.1 Å². The van der Waals surface area contributed by atoms with Gasteiger partial charge in [-0.25, -0.2) is 0 Å². The van der Waals surface area contributed by atoms with E-state index in [1.54, 1.807) is 13.0 Å². The number of piperazine rings is 1. The van der Waals surface area contributed by atoms with Crippen molar-refractivity contribution in [3.63, 3.8) is 0 Å². The maximum absolute atomic E-state index is 12.8. The van der Waals surface area contributed by atoms with Crippen LogP contribution in [0.3, 0.4) is 0 Å². The molecule has 0 aromatic heterocycles. The van der Waals surface area contributed by atoms with Gasteiger partial charge in [0.05, 0.1) is 11.2 Å². The highest BCUT2D eigenvalue weighted by Crippen LogP contribution is 2.32. The van der Waals surface area contributed by atoms with E-state index >= 15 is 0 Å². The Morgan fingerprint density at radius 2 is 1.59 bits per heavy atom. The quantitative estimate of drug-likeness (QED) is 0.925. The average Bonchev–Trinajstić information content (AvgIpc) is 2.47. The minimum absolute atomic E-state index is 0.306. The summed E-state index contributed by atoms with van der Waals surface area (Å²) in [7, 11) is 0. The molecule has 1 heterocycles. The van der Waals surface area contributed by atoms with Gasteiger partial charge in [0.15, 0.2) is 0 Å². The maximum Gasteiger partial charge on any atom is 0.416 e. The molecule has 2 rings (SSSR count). The molecule has 0 saturated carbocycles. The van der Waals surface area contributed by atoms with Gasteiger partial charge in [-0.05, 0) is 31.2 Å². The monoisotopic (exact) mass is 316 g/mol. The van der Waals surface area contributed by atoms with Crippen LogP contribution < -0.4 is 0 Å². The summed E-state index contributed by atoms with van der Waals surface area (Å²) in [4.78, 5) is 4.42. The Kier molecular flexibility index (Phi) is 5.14. The van der Waals surface area contributed by atoms with E-state index in [0.717, 1.165) is 44.9 Å². The summed E-state index contributed by atoms with van der Waals surface area (Å²) < 4.78 is 38.4. The number of hydrogen-bond acceptors (Lipinski definition) is 3. The van der Waals surface area contributed by atoms with Crippen LogP contribution in [0.4, 0.5) is 13.2 Å². The minimum atomic E-state index is -4.39. The second kappa shape index (κ2) is 6.56. The van der Waals surface area contributed by atoms with Gasteiger partial charge < -0.3 is 10.0 Å². The molecule has 1 atom stereocenters. The molecule has 6 heteroatoms. The molecule has 0 radical (unpaired) electrons. The van der Waals surface area contributed by atoms with Crippen molar-refractivity contribution in [3.8, 4) is 0 Å². The number of hydrogen-bond donors (Lipinski definition) is 1. The van der Waals surface area contributed by atoms with Gasteiger partial charge in [-0.3, -0.25) is 4.90 Å². The SMILES string of the molecule is CCN1CCN(C[C@@](C)(O)c2cccc(C(F)(F)F)c2)CC1. The number of likely N-dealkylation sites (N-methyl/N-ethyl adjacent to an activating group) is 1. The van der Waals surface area contributed by atoms with Gasteiger partial charge in [0, 0.05) is 32.7 Å². The predicted octanol–water partition coefficient (Wildman–Crippen LogP) is 2.55. The molecule has 0 spiro atoms. The van der Waals surface area contributed by atoms with E-state index in [-0.39, 0.29) is 0 Å². The molecule has 1 fully saturated rings. The van der Waals surface area contributed by atoms with Crippen molar-refractivity contribution < 1.29 is 18.3 Å². The molecule has 3 nitrogen and oxygen atoms in total. The van der Waals surface area contributed by atoms with Crippen LogP contribution in [0.5, 0.6) is 0 Å². The molecule has 124 valence electrons. The first kappa shape index (κ1) is 17.2. The molecule has 1 aromatic rings. The maximum atomic E-state index is 12.8. The van der Waals surface area contributed by atoms with Crippen LogP contribution in [-0.4, -0.2) is 54.2 Å². The molecular weight excluding hydrogens is 293 g/mol. The number of benzene rings is 1. The Bertz CT molecular complexity index is 494. The van der Waals surface area contributed by atoms with Crippen molar-refractivity contribution in [2.75, 3.05) is 39.3 Å². The third kappa shape index (κ3) is 4.21. The fourth-order valence-corrected chi connectivity index (χ4v) is 2.82. The third-order valence-corrected chi connectivity index (χ3v) is 4.26. The number of alkyl halides is 3. The lowest BCUT2D eigenvalue weighted by molar-refractivity contribution is -0.137. The lowest BCUT2D eigenvalue weighted by atomic mass is 9.93. The van der Waals surface area contributed by atoms with Crippen molar-refractivity contribution in [2.45, 2.75) is 25.6 Å². The highest BCUT2D eigenvalue weighted by Gasteiger charge is 2.33. The van der Waals surface area contributed by atoms with Crippen LogP contribution in [-0.2, 0) is 11.8 Å². The Morgan fingerprint density at radius 3 is 2.14 bits per heavy atom. The fraction of sp³-hybridized carbons (Fsp3) is 0.625. The summed E-state index contributed by atoms with van der Waals surface area (Å²) in [5, 5.41) is 10.6. The Labute approximate surface area is 129 Å². The number of nitrogens with zero attached hydrogens (tertiary/aromatic N) is 2. The van der Waals surface area contributed by atoms with Crippen molar-refractivity contribution in [2.24, 2.45) is 0 Å². The molecule has 1 saturated heterocycles. The van der Waals surface area contributed by atoms with E-state index in [1.165, 1.54) is 6.07 Å². The van der Waals surface area contributed by atoms with Gasteiger partial charge in [-0.15, -0.1) is 0 Å². The summed E-state index contributed by atoms with van der Waals surface area (Å²) in [5.41, 5.74) is -1.71. The lowest BCUT2D eigenvalue weighted by Crippen LogP contribution is -2.50. The normalized spacial score (nSPS) is 20.8. The number of β-amino-alcohol motifs (C(OH)–C–C–N with tert-alkyl or cyclic N) is 1. The Morgan fingerprint density at radius 1 is 1.05 bits per heavy atom. The van der Waals surface area contributed by atoms with E-state index in [2.05, 4.69) is 16.7 Å². The van der Waals surface area contributed by atoms with Crippen LogP contribution in [0, 0.1) is 0 Å². The highest BCUT2D eigenvalue weighted by atomic mass is 19.4. The zero-order valence-electron chi connectivity index (χ0n) is 13.0. The van der Waals surface area contributed by atoms with E-state index < -0.39 is 17.3 Å². The first-order valence-electron chi connectivity index (χ1n) is 7.57. The molecule has 0 unspecified atom stereocenters. The molecular formula is C16H23F3N2O. The summed E-state index contributed by atoms with van der Waals surface area (Å²) in [6, 6.07) is 4.97. The lowest BCUT2D eigenvalue weighted by Gasteiger charge is -2.38. The van der Waals surface area contributed by atoms with Crippen molar-refractivity contribution in [1.82, 2.24) is 9.80 Å². The van der Waals surface area contributed by atoms with Crippen molar-refractivity contribution in [3.05, 3.63) is 35.4 Å². The zero-order chi connectivity index (χ0) is 16.4. The number of rotatable bonds is 4. The van der Waals surface area contributed by atoms with Gasteiger partial charge in [0.1, 0.15) is 0 Å². The number of aliphatic hydroxyl groups is 1. The third-order valence-electron chi connectivity index (χ3n) is 4.26. The topological polar surface area (TPSA) is 26.7 Å². The smallest absolute Gasteiger partial charge is 0.384 e. The molecule has 22 heavy (non-hydrogen) atoms. The van der Waals surface area contributed by atoms with E-state index in [9.17, 15) is 18.3 Å². The summed E-state index contributed by atoms with van der Waals surface area (Å²) in [6.07, 6.45) is -4.39. The van der Waals surface area contributed by atoms with E-state index in [4.69, 9.17) is 0 Å². The second-order valence-corrected chi connectivity index (χ2v) is 6.06. The van der Waals surface area contributed by atoms with Crippen LogP contribution >= 0.6 is 0 Å². The van der Waals surface area contributed by atoms with Crippen LogP contribution in [0.2, 0.25) is 0 Å². The molecule has 1 aliphatic rings. The second-order valence-electron chi connectivity index (χ2n) is 6.06. The first-order chi connectivity index (χ1) is 10.2. The minimum Gasteiger partial charge on any atom is -0.384 e. The molecule has 1 N–H and O–H groups in total.